The maximum absolute atomic E-state index is 5.81. The lowest BCUT2D eigenvalue weighted by Crippen LogP contribution is -2.19. The molecule has 0 aliphatic rings. The van der Waals surface area contributed by atoms with Gasteiger partial charge in [-0.25, -0.2) is 9.97 Å². The zero-order valence-corrected chi connectivity index (χ0v) is 9.81. The highest BCUT2D eigenvalue weighted by Gasteiger charge is 2.10. The molecule has 1 rings (SSSR count). The predicted molar refractivity (Wildman–Crippen MR) is 59.7 cm³/mol. The maximum Gasteiger partial charge on any atom is 0.134 e. The summed E-state index contributed by atoms with van der Waals surface area (Å²) in [5.41, 5.74) is 0.228. The van der Waals surface area contributed by atoms with Gasteiger partial charge in [0.2, 0.25) is 0 Å². The first-order valence-electron chi connectivity index (χ1n) is 4.62. The average molecular weight is 214 g/mol. The summed E-state index contributed by atoms with van der Waals surface area (Å²) in [7, 11) is 0. The normalized spacial score (nSPS) is 11.5. The number of hydrogen-bond acceptors (Lipinski definition) is 3. The van der Waals surface area contributed by atoms with Gasteiger partial charge in [0.1, 0.15) is 16.8 Å². The van der Waals surface area contributed by atoms with E-state index in [2.05, 4.69) is 36.1 Å². The third kappa shape index (κ3) is 3.92. The first-order chi connectivity index (χ1) is 6.37. The number of nitrogens with one attached hydrogen (secondary N) is 1. The fourth-order valence-corrected chi connectivity index (χ4v) is 1.20. The Morgan fingerprint density at radius 3 is 2.50 bits per heavy atom. The molecule has 0 bridgehead atoms. The van der Waals surface area contributed by atoms with Gasteiger partial charge in [-0.15, -0.1) is 0 Å². The number of hydrogen-bond donors (Lipinski definition) is 1. The van der Waals surface area contributed by atoms with Crippen molar-refractivity contribution < 1.29 is 0 Å². The van der Waals surface area contributed by atoms with Gasteiger partial charge in [0.25, 0.3) is 0 Å². The first-order valence-corrected chi connectivity index (χ1v) is 5.00. The van der Waals surface area contributed by atoms with Crippen LogP contribution in [-0.4, -0.2) is 16.5 Å². The Kier molecular flexibility index (Phi) is 3.32. The van der Waals surface area contributed by atoms with Crippen molar-refractivity contribution in [3.8, 4) is 0 Å². The van der Waals surface area contributed by atoms with Gasteiger partial charge in [-0.3, -0.25) is 0 Å². The third-order valence-corrected chi connectivity index (χ3v) is 1.80. The topological polar surface area (TPSA) is 37.8 Å². The van der Waals surface area contributed by atoms with E-state index in [0.717, 1.165) is 12.4 Å². The van der Waals surface area contributed by atoms with Crippen LogP contribution in [0.15, 0.2) is 6.07 Å². The van der Waals surface area contributed by atoms with Gasteiger partial charge in [0.15, 0.2) is 0 Å². The molecule has 1 aromatic rings. The van der Waals surface area contributed by atoms with Crippen LogP contribution in [0.25, 0.3) is 0 Å². The smallest absolute Gasteiger partial charge is 0.134 e. The Balaban J connectivity index is 2.68. The highest BCUT2D eigenvalue weighted by atomic mass is 35.5. The lowest BCUT2D eigenvalue weighted by molar-refractivity contribution is 0.442. The van der Waals surface area contributed by atoms with Crippen molar-refractivity contribution in [3.63, 3.8) is 0 Å². The minimum Gasteiger partial charge on any atom is -0.369 e. The molecule has 3 nitrogen and oxygen atoms in total. The number of aryl methyl sites for hydroxylation is 1. The van der Waals surface area contributed by atoms with E-state index < -0.39 is 0 Å². The van der Waals surface area contributed by atoms with Crippen LogP contribution in [0.3, 0.4) is 0 Å². The minimum atomic E-state index is 0.228. The second-order valence-corrected chi connectivity index (χ2v) is 4.92. The molecule has 0 radical (unpaired) electrons. The van der Waals surface area contributed by atoms with Crippen molar-refractivity contribution in [2.24, 2.45) is 5.41 Å². The van der Waals surface area contributed by atoms with Crippen molar-refractivity contribution in [2.75, 3.05) is 11.9 Å². The molecule has 0 aliphatic carbocycles. The molecule has 1 aromatic heterocycles. The molecule has 0 amide bonds. The Labute approximate surface area is 89.9 Å². The number of rotatable bonds is 2. The van der Waals surface area contributed by atoms with Gasteiger partial charge in [-0.2, -0.15) is 0 Å². The number of anilines is 1. The zero-order chi connectivity index (χ0) is 10.8. The highest BCUT2D eigenvalue weighted by Crippen LogP contribution is 2.16. The summed E-state index contributed by atoms with van der Waals surface area (Å²) in [5, 5.41) is 3.71. The van der Waals surface area contributed by atoms with Gasteiger partial charge < -0.3 is 5.32 Å². The summed E-state index contributed by atoms with van der Waals surface area (Å²) in [4.78, 5) is 8.22. The van der Waals surface area contributed by atoms with Crippen LogP contribution in [0.1, 0.15) is 26.6 Å². The summed E-state index contributed by atoms with van der Waals surface area (Å²) in [6.07, 6.45) is 0. The molecule has 0 fully saturated rings. The molecule has 0 aromatic carbocycles. The van der Waals surface area contributed by atoms with Crippen molar-refractivity contribution in [1.82, 2.24) is 9.97 Å². The molecule has 0 saturated carbocycles. The van der Waals surface area contributed by atoms with Crippen molar-refractivity contribution >= 4 is 17.4 Å². The Morgan fingerprint density at radius 2 is 2.00 bits per heavy atom. The van der Waals surface area contributed by atoms with E-state index in [9.17, 15) is 0 Å². The molecule has 4 heteroatoms. The molecule has 78 valence electrons. The molecule has 0 atom stereocenters. The first kappa shape index (κ1) is 11.2. The summed E-state index contributed by atoms with van der Waals surface area (Å²) in [6.45, 7) is 9.18. The molecule has 0 saturated heterocycles. The third-order valence-electron chi connectivity index (χ3n) is 1.61. The Bertz CT molecular complexity index is 297. The largest absolute Gasteiger partial charge is 0.369 e. The minimum absolute atomic E-state index is 0.228. The van der Waals surface area contributed by atoms with Crippen LogP contribution >= 0.6 is 11.6 Å². The van der Waals surface area contributed by atoms with Gasteiger partial charge >= 0.3 is 0 Å². The van der Waals surface area contributed by atoms with E-state index in [1.54, 1.807) is 6.07 Å². The molecular weight excluding hydrogens is 198 g/mol. The number of halogens is 1. The second-order valence-electron chi connectivity index (χ2n) is 4.54. The standard InChI is InChI=1S/C10H16ClN3/c1-7-13-8(11)5-9(14-7)12-6-10(2,3)4/h5H,6H2,1-4H3,(H,12,13,14). The van der Waals surface area contributed by atoms with Gasteiger partial charge in [0, 0.05) is 12.6 Å². The molecular formula is C10H16ClN3. The molecule has 0 aliphatic heterocycles. The SMILES string of the molecule is Cc1nc(Cl)cc(NCC(C)(C)C)n1. The van der Waals surface area contributed by atoms with Crippen LogP contribution in [0.5, 0.6) is 0 Å². The van der Waals surface area contributed by atoms with Gasteiger partial charge in [-0.1, -0.05) is 32.4 Å². The van der Waals surface area contributed by atoms with E-state index in [-0.39, 0.29) is 5.41 Å². The van der Waals surface area contributed by atoms with E-state index in [4.69, 9.17) is 11.6 Å². The van der Waals surface area contributed by atoms with E-state index in [1.165, 1.54) is 0 Å². The number of aromatic nitrogens is 2. The van der Waals surface area contributed by atoms with E-state index >= 15 is 0 Å². The molecule has 1 N–H and O–H groups in total. The molecule has 0 unspecified atom stereocenters. The lowest BCUT2D eigenvalue weighted by Gasteiger charge is -2.19. The summed E-state index contributed by atoms with van der Waals surface area (Å²) in [5.74, 6) is 1.48. The summed E-state index contributed by atoms with van der Waals surface area (Å²) >= 11 is 5.81. The summed E-state index contributed by atoms with van der Waals surface area (Å²) in [6, 6.07) is 1.74. The predicted octanol–water partition coefficient (Wildman–Crippen LogP) is 2.90. The van der Waals surface area contributed by atoms with E-state index in [0.29, 0.717) is 11.0 Å². The van der Waals surface area contributed by atoms with Crippen LogP contribution in [0.2, 0.25) is 5.15 Å². The second kappa shape index (κ2) is 4.13. The van der Waals surface area contributed by atoms with Crippen LogP contribution < -0.4 is 5.32 Å². The van der Waals surface area contributed by atoms with Crippen LogP contribution in [-0.2, 0) is 0 Å². The fourth-order valence-electron chi connectivity index (χ4n) is 0.978. The summed E-state index contributed by atoms with van der Waals surface area (Å²) < 4.78 is 0. The van der Waals surface area contributed by atoms with Crippen molar-refractivity contribution in [1.29, 1.82) is 0 Å². The molecule has 1 heterocycles. The fraction of sp³-hybridized carbons (Fsp3) is 0.600. The monoisotopic (exact) mass is 213 g/mol. The van der Waals surface area contributed by atoms with Gasteiger partial charge in [-0.05, 0) is 12.3 Å². The Hall–Kier alpha value is -0.830. The van der Waals surface area contributed by atoms with Crippen LogP contribution in [0, 0.1) is 12.3 Å². The Morgan fingerprint density at radius 1 is 1.36 bits per heavy atom. The number of nitrogens with zero attached hydrogens (tertiary/aromatic N) is 2. The van der Waals surface area contributed by atoms with E-state index in [1.807, 2.05) is 6.92 Å². The highest BCUT2D eigenvalue weighted by molar-refractivity contribution is 6.29. The lowest BCUT2D eigenvalue weighted by atomic mass is 9.97. The molecule has 0 spiro atoms. The van der Waals surface area contributed by atoms with Gasteiger partial charge in [0.05, 0.1) is 0 Å². The maximum atomic E-state index is 5.81. The van der Waals surface area contributed by atoms with Crippen LogP contribution in [0.4, 0.5) is 5.82 Å². The van der Waals surface area contributed by atoms with Crippen molar-refractivity contribution in [3.05, 3.63) is 17.0 Å². The quantitative estimate of drug-likeness (QED) is 0.768. The zero-order valence-electron chi connectivity index (χ0n) is 9.06. The van der Waals surface area contributed by atoms with Crippen molar-refractivity contribution in [2.45, 2.75) is 27.7 Å². The molecule has 14 heavy (non-hydrogen) atoms. The average Bonchev–Trinajstić information content (AvgIpc) is 1.97.